The first kappa shape index (κ1) is 10.5. The Balaban J connectivity index is 1.86. The van der Waals surface area contributed by atoms with E-state index in [0.29, 0.717) is 12.4 Å². The lowest BCUT2D eigenvalue weighted by Crippen LogP contribution is -2.45. The molecule has 84 valence electrons. The van der Waals surface area contributed by atoms with Crippen LogP contribution in [0.15, 0.2) is 0 Å². The van der Waals surface area contributed by atoms with Gasteiger partial charge in [-0.1, -0.05) is 0 Å². The number of piperidine rings is 1. The third kappa shape index (κ3) is 2.73. The maximum atomic E-state index is 5.83. The van der Waals surface area contributed by atoms with Crippen LogP contribution in [0.4, 0.5) is 0 Å². The smallest absolute Gasteiger partial charge is 0.200 e. The molecule has 1 saturated heterocycles. The molecule has 1 fully saturated rings. The van der Waals surface area contributed by atoms with Crippen LogP contribution in [0.2, 0.25) is 0 Å². The van der Waals surface area contributed by atoms with Gasteiger partial charge in [-0.05, 0) is 31.5 Å². The van der Waals surface area contributed by atoms with Gasteiger partial charge in [0, 0.05) is 6.54 Å². The number of nitrogens with zero attached hydrogens (tertiary/aromatic N) is 4. The predicted molar refractivity (Wildman–Crippen MR) is 54.1 cm³/mol. The Kier molecular flexibility index (Phi) is 2.97. The number of hydrogen-bond acceptors (Lipinski definition) is 5. The Morgan fingerprint density at radius 3 is 3.07 bits per heavy atom. The Hall–Kier alpha value is -1.01. The molecule has 0 bridgehead atoms. The van der Waals surface area contributed by atoms with E-state index in [2.05, 4.69) is 27.7 Å². The van der Waals surface area contributed by atoms with Crippen molar-refractivity contribution in [3.8, 4) is 0 Å². The van der Waals surface area contributed by atoms with Crippen molar-refractivity contribution in [3.63, 3.8) is 0 Å². The fourth-order valence-electron chi connectivity index (χ4n) is 1.77. The van der Waals surface area contributed by atoms with E-state index in [9.17, 15) is 0 Å². The van der Waals surface area contributed by atoms with Crippen molar-refractivity contribution in [3.05, 3.63) is 5.82 Å². The molecule has 0 spiro atoms. The summed E-state index contributed by atoms with van der Waals surface area (Å²) in [4.78, 5) is 1.44. The summed E-state index contributed by atoms with van der Waals surface area (Å²) in [6, 6.07) is 0. The van der Waals surface area contributed by atoms with Crippen molar-refractivity contribution < 1.29 is 4.74 Å². The summed E-state index contributed by atoms with van der Waals surface area (Å²) in [5.74, 6) is 0.643. The molecule has 1 N–H and O–H groups in total. The van der Waals surface area contributed by atoms with Gasteiger partial charge in [-0.25, -0.2) is 0 Å². The number of ether oxygens (including phenoxy) is 1. The van der Waals surface area contributed by atoms with Gasteiger partial charge in [-0.3, -0.25) is 0 Å². The molecule has 2 heterocycles. The van der Waals surface area contributed by atoms with E-state index < -0.39 is 0 Å². The van der Waals surface area contributed by atoms with Gasteiger partial charge in [-0.15, -0.1) is 10.2 Å². The lowest BCUT2D eigenvalue weighted by Gasteiger charge is -2.33. The molecular weight excluding hydrogens is 194 g/mol. The molecule has 1 aliphatic heterocycles. The molecule has 1 aromatic rings. The van der Waals surface area contributed by atoms with Crippen LogP contribution in [0.1, 0.15) is 25.6 Å². The highest BCUT2D eigenvalue weighted by molar-refractivity contribution is 4.84. The summed E-state index contributed by atoms with van der Waals surface area (Å²) >= 11 is 0. The zero-order valence-corrected chi connectivity index (χ0v) is 9.23. The van der Waals surface area contributed by atoms with Gasteiger partial charge in [-0.2, -0.15) is 4.80 Å². The van der Waals surface area contributed by atoms with Gasteiger partial charge in [0.1, 0.15) is 6.61 Å². The molecule has 1 aliphatic rings. The number of aromatic nitrogens is 4. The quantitative estimate of drug-likeness (QED) is 0.754. The van der Waals surface area contributed by atoms with Crippen molar-refractivity contribution in [2.75, 3.05) is 13.1 Å². The SMILES string of the molecule is Cn1nnc(COC2(C)CCCNC2)n1. The number of hydrogen-bond donors (Lipinski definition) is 1. The highest BCUT2D eigenvalue weighted by atomic mass is 16.5. The minimum absolute atomic E-state index is 0.0859. The van der Waals surface area contributed by atoms with E-state index >= 15 is 0 Å². The molecule has 6 heteroatoms. The van der Waals surface area contributed by atoms with Gasteiger partial charge in [0.2, 0.25) is 0 Å². The zero-order valence-electron chi connectivity index (χ0n) is 9.23. The van der Waals surface area contributed by atoms with E-state index in [1.54, 1.807) is 7.05 Å². The number of rotatable bonds is 3. The van der Waals surface area contributed by atoms with Gasteiger partial charge in [0.05, 0.1) is 12.6 Å². The van der Waals surface area contributed by atoms with E-state index in [1.165, 1.54) is 4.80 Å². The van der Waals surface area contributed by atoms with Gasteiger partial charge < -0.3 is 10.1 Å². The molecule has 2 rings (SSSR count). The minimum atomic E-state index is -0.0859. The van der Waals surface area contributed by atoms with Gasteiger partial charge in [0.25, 0.3) is 0 Å². The summed E-state index contributed by atoms with van der Waals surface area (Å²) in [7, 11) is 1.75. The van der Waals surface area contributed by atoms with Gasteiger partial charge in [0.15, 0.2) is 5.82 Å². The average Bonchev–Trinajstić information content (AvgIpc) is 2.63. The van der Waals surface area contributed by atoms with E-state index in [1.807, 2.05) is 0 Å². The zero-order chi connectivity index (χ0) is 10.7. The van der Waals surface area contributed by atoms with Crippen LogP contribution in [0.3, 0.4) is 0 Å². The monoisotopic (exact) mass is 211 g/mol. The Morgan fingerprint density at radius 1 is 1.60 bits per heavy atom. The van der Waals surface area contributed by atoms with Crippen molar-refractivity contribution in [1.82, 2.24) is 25.5 Å². The van der Waals surface area contributed by atoms with Crippen LogP contribution in [-0.4, -0.2) is 38.9 Å². The van der Waals surface area contributed by atoms with Crippen LogP contribution in [0.25, 0.3) is 0 Å². The standard InChI is InChI=1S/C9H17N5O/c1-9(4-3-5-10-7-9)15-6-8-11-13-14(2)12-8/h10H,3-7H2,1-2H3. The van der Waals surface area contributed by atoms with Crippen molar-refractivity contribution >= 4 is 0 Å². The summed E-state index contributed by atoms with van der Waals surface area (Å²) in [6.07, 6.45) is 2.24. The van der Waals surface area contributed by atoms with Crippen molar-refractivity contribution in [2.45, 2.75) is 32.0 Å². The van der Waals surface area contributed by atoms with E-state index in [-0.39, 0.29) is 5.60 Å². The first-order chi connectivity index (χ1) is 7.18. The third-order valence-corrected chi connectivity index (χ3v) is 2.66. The fraction of sp³-hybridized carbons (Fsp3) is 0.889. The summed E-state index contributed by atoms with van der Waals surface area (Å²) < 4.78 is 5.83. The number of aryl methyl sites for hydroxylation is 1. The van der Waals surface area contributed by atoms with Crippen molar-refractivity contribution in [2.24, 2.45) is 7.05 Å². The molecule has 1 unspecified atom stereocenters. The first-order valence-corrected chi connectivity index (χ1v) is 5.25. The molecule has 0 radical (unpaired) electrons. The molecule has 0 saturated carbocycles. The Morgan fingerprint density at radius 2 is 2.47 bits per heavy atom. The average molecular weight is 211 g/mol. The fourth-order valence-corrected chi connectivity index (χ4v) is 1.77. The molecule has 0 aliphatic carbocycles. The molecule has 6 nitrogen and oxygen atoms in total. The molecular formula is C9H17N5O. The van der Waals surface area contributed by atoms with E-state index in [4.69, 9.17) is 4.74 Å². The minimum Gasteiger partial charge on any atom is -0.366 e. The van der Waals surface area contributed by atoms with E-state index in [0.717, 1.165) is 25.9 Å². The topological polar surface area (TPSA) is 64.9 Å². The second kappa shape index (κ2) is 4.24. The van der Waals surface area contributed by atoms with Crippen LogP contribution in [0, 0.1) is 0 Å². The van der Waals surface area contributed by atoms with Crippen LogP contribution in [-0.2, 0) is 18.4 Å². The predicted octanol–water partition coefficient (Wildman–Crippen LogP) is -0.131. The normalized spacial score (nSPS) is 26.8. The Labute approximate surface area is 89.0 Å². The first-order valence-electron chi connectivity index (χ1n) is 5.25. The van der Waals surface area contributed by atoms with Crippen LogP contribution in [0.5, 0.6) is 0 Å². The highest BCUT2D eigenvalue weighted by Gasteiger charge is 2.27. The number of nitrogens with one attached hydrogen (secondary N) is 1. The molecule has 1 aromatic heterocycles. The summed E-state index contributed by atoms with van der Waals surface area (Å²) in [5, 5.41) is 15.1. The highest BCUT2D eigenvalue weighted by Crippen LogP contribution is 2.20. The molecule has 1 atom stereocenters. The summed E-state index contributed by atoms with van der Waals surface area (Å²) in [6.45, 7) is 4.54. The molecule has 15 heavy (non-hydrogen) atoms. The van der Waals surface area contributed by atoms with Crippen molar-refractivity contribution in [1.29, 1.82) is 0 Å². The molecule has 0 amide bonds. The Bertz CT molecular complexity index is 318. The third-order valence-electron chi connectivity index (χ3n) is 2.66. The lowest BCUT2D eigenvalue weighted by molar-refractivity contribution is -0.0596. The molecule has 0 aromatic carbocycles. The van der Waals surface area contributed by atoms with Crippen LogP contribution < -0.4 is 5.32 Å². The van der Waals surface area contributed by atoms with Crippen LogP contribution >= 0.6 is 0 Å². The second-order valence-electron chi connectivity index (χ2n) is 4.21. The second-order valence-corrected chi connectivity index (χ2v) is 4.21. The maximum Gasteiger partial charge on any atom is 0.200 e. The largest absolute Gasteiger partial charge is 0.366 e. The summed E-state index contributed by atoms with van der Waals surface area (Å²) in [5.41, 5.74) is -0.0859. The van der Waals surface area contributed by atoms with Gasteiger partial charge >= 0.3 is 0 Å². The lowest BCUT2D eigenvalue weighted by atomic mass is 9.96. The maximum absolute atomic E-state index is 5.83. The number of tetrazole rings is 1.